The molecule has 0 bridgehead atoms. The van der Waals surface area contributed by atoms with Gasteiger partial charge in [0, 0.05) is 23.6 Å². The normalized spacial score (nSPS) is 14.7. The zero-order valence-electron chi connectivity index (χ0n) is 18.1. The third-order valence-corrected chi connectivity index (χ3v) is 5.98. The SMILES string of the molecule is COc1cc(F)cc2c(-c3cn(Cc4cccc(C5(O)CCC5)[n+]4C(=O)[O-])nn3)nc(N)nc12. The van der Waals surface area contributed by atoms with Crippen LogP contribution in [-0.2, 0) is 12.1 Å². The summed E-state index contributed by atoms with van der Waals surface area (Å²) in [7, 11) is 1.39. The van der Waals surface area contributed by atoms with Crippen LogP contribution < -0.4 is 20.1 Å². The monoisotopic (exact) mass is 465 g/mol. The van der Waals surface area contributed by atoms with Crippen molar-refractivity contribution in [3.63, 3.8) is 0 Å². The van der Waals surface area contributed by atoms with E-state index in [0.717, 1.165) is 11.0 Å². The number of methoxy groups -OCH3 is 1. The molecule has 4 aromatic rings. The molecule has 1 aliphatic carbocycles. The van der Waals surface area contributed by atoms with E-state index in [-0.39, 0.29) is 35.3 Å². The molecule has 1 aliphatic rings. The lowest BCUT2D eigenvalue weighted by atomic mass is 9.77. The number of rotatable bonds is 5. The molecular formula is C22H20FN7O4. The van der Waals surface area contributed by atoms with E-state index in [1.54, 1.807) is 18.2 Å². The van der Waals surface area contributed by atoms with Gasteiger partial charge < -0.3 is 25.5 Å². The van der Waals surface area contributed by atoms with Gasteiger partial charge in [-0.15, -0.1) is 9.67 Å². The van der Waals surface area contributed by atoms with Crippen molar-refractivity contribution in [2.45, 2.75) is 31.4 Å². The molecule has 1 fully saturated rings. The average molecular weight is 465 g/mol. The Morgan fingerprint density at radius 2 is 2.15 bits per heavy atom. The molecule has 12 heteroatoms. The maximum absolute atomic E-state index is 14.2. The van der Waals surface area contributed by atoms with Crippen molar-refractivity contribution in [2.75, 3.05) is 12.8 Å². The molecule has 1 saturated carbocycles. The van der Waals surface area contributed by atoms with Gasteiger partial charge in [0.1, 0.15) is 40.6 Å². The number of carboxylic acid groups (broad SMARTS) is 1. The van der Waals surface area contributed by atoms with Gasteiger partial charge >= 0.3 is 6.09 Å². The summed E-state index contributed by atoms with van der Waals surface area (Å²) in [5.74, 6) is -0.413. The highest BCUT2D eigenvalue weighted by molar-refractivity contribution is 5.95. The van der Waals surface area contributed by atoms with Crippen molar-refractivity contribution in [1.82, 2.24) is 25.0 Å². The number of fused-ring (bicyclic) bond motifs is 1. The smallest absolute Gasteiger partial charge is 0.343 e. The van der Waals surface area contributed by atoms with Gasteiger partial charge in [0.05, 0.1) is 13.3 Å². The van der Waals surface area contributed by atoms with Crippen molar-refractivity contribution in [3.8, 4) is 17.1 Å². The van der Waals surface area contributed by atoms with Gasteiger partial charge in [0.2, 0.25) is 17.3 Å². The second-order valence-electron chi connectivity index (χ2n) is 8.12. The second-order valence-corrected chi connectivity index (χ2v) is 8.12. The lowest BCUT2D eigenvalue weighted by Crippen LogP contribution is -2.61. The van der Waals surface area contributed by atoms with E-state index in [1.165, 1.54) is 30.1 Å². The molecule has 0 aliphatic heterocycles. The number of nitrogens with zero attached hydrogens (tertiary/aromatic N) is 6. The number of ether oxygens (including phenoxy) is 1. The maximum atomic E-state index is 14.2. The number of hydrogen-bond donors (Lipinski definition) is 2. The minimum absolute atomic E-state index is 0.0150. The van der Waals surface area contributed by atoms with Crippen LogP contribution in [0, 0.1) is 5.82 Å². The summed E-state index contributed by atoms with van der Waals surface area (Å²) in [5.41, 5.74) is 6.08. The number of hydrogen-bond acceptors (Lipinski definition) is 9. The largest absolute Gasteiger partial charge is 0.494 e. The average Bonchev–Trinajstić information content (AvgIpc) is 3.24. The summed E-state index contributed by atoms with van der Waals surface area (Å²) >= 11 is 0. The van der Waals surface area contributed by atoms with Gasteiger partial charge in [-0.2, -0.15) is 0 Å². The number of aromatic nitrogens is 6. The van der Waals surface area contributed by atoms with E-state index in [2.05, 4.69) is 20.3 Å². The van der Waals surface area contributed by atoms with Gasteiger partial charge in [-0.05, 0) is 31.4 Å². The van der Waals surface area contributed by atoms with Crippen LogP contribution >= 0.6 is 0 Å². The number of anilines is 1. The van der Waals surface area contributed by atoms with E-state index in [0.29, 0.717) is 29.4 Å². The van der Waals surface area contributed by atoms with Crippen LogP contribution in [0.5, 0.6) is 5.75 Å². The van der Waals surface area contributed by atoms with E-state index in [4.69, 9.17) is 10.5 Å². The Balaban J connectivity index is 1.56. The second kappa shape index (κ2) is 7.99. The Kier molecular flexibility index (Phi) is 5.09. The van der Waals surface area contributed by atoms with Crippen LogP contribution in [0.25, 0.3) is 22.3 Å². The van der Waals surface area contributed by atoms with E-state index < -0.39 is 17.5 Å². The molecule has 3 aromatic heterocycles. The fourth-order valence-corrected chi connectivity index (χ4v) is 4.21. The summed E-state index contributed by atoms with van der Waals surface area (Å²) in [6.45, 7) is 0.0150. The number of nitrogens with two attached hydrogens (primary N) is 1. The molecule has 1 aromatic carbocycles. The number of benzene rings is 1. The van der Waals surface area contributed by atoms with Crippen molar-refractivity contribution in [2.24, 2.45) is 0 Å². The summed E-state index contributed by atoms with van der Waals surface area (Å²) in [6, 6.07) is 7.28. The predicted octanol–water partition coefficient (Wildman–Crippen LogP) is 0.517. The van der Waals surface area contributed by atoms with Crippen molar-refractivity contribution in [1.29, 1.82) is 0 Å². The molecule has 3 heterocycles. The fraction of sp³-hybridized carbons (Fsp3) is 0.273. The molecule has 11 nitrogen and oxygen atoms in total. The van der Waals surface area contributed by atoms with Crippen molar-refractivity contribution < 1.29 is 28.7 Å². The summed E-state index contributed by atoms with van der Waals surface area (Å²) in [6.07, 6.45) is 1.83. The van der Waals surface area contributed by atoms with Gasteiger partial charge in [0.15, 0.2) is 0 Å². The lowest BCUT2D eigenvalue weighted by Gasteiger charge is -2.34. The molecule has 34 heavy (non-hydrogen) atoms. The van der Waals surface area contributed by atoms with E-state index >= 15 is 0 Å². The summed E-state index contributed by atoms with van der Waals surface area (Å²) < 4.78 is 21.8. The van der Waals surface area contributed by atoms with Crippen molar-refractivity contribution in [3.05, 3.63) is 53.7 Å². The third kappa shape index (κ3) is 3.57. The highest BCUT2D eigenvalue weighted by Crippen LogP contribution is 2.39. The number of carbonyl (C=O) groups is 1. The number of aliphatic hydroxyl groups is 1. The molecule has 174 valence electrons. The minimum Gasteiger partial charge on any atom is -0.494 e. The highest BCUT2D eigenvalue weighted by atomic mass is 19.1. The van der Waals surface area contributed by atoms with Crippen LogP contribution in [0.2, 0.25) is 0 Å². The van der Waals surface area contributed by atoms with Crippen molar-refractivity contribution >= 4 is 22.9 Å². The van der Waals surface area contributed by atoms with Crippen LogP contribution in [0.15, 0.2) is 36.5 Å². The number of carbonyl (C=O) groups excluding carboxylic acids is 1. The number of nitrogen functional groups attached to an aromatic ring is 1. The molecule has 0 spiro atoms. The Morgan fingerprint density at radius 1 is 1.35 bits per heavy atom. The lowest BCUT2D eigenvalue weighted by molar-refractivity contribution is -0.653. The molecule has 0 unspecified atom stereocenters. The van der Waals surface area contributed by atoms with Gasteiger partial charge in [0.25, 0.3) is 0 Å². The third-order valence-electron chi connectivity index (χ3n) is 5.98. The van der Waals surface area contributed by atoms with Crippen LogP contribution in [0.1, 0.15) is 30.7 Å². The summed E-state index contributed by atoms with van der Waals surface area (Å²) in [5, 5.41) is 31.2. The molecule has 0 radical (unpaired) electrons. The molecule has 0 atom stereocenters. The Bertz CT molecular complexity index is 1430. The topological polar surface area (TPSA) is 156 Å². The standard InChI is InChI=1S/C22H20FN7O4/c1-34-16-9-12(23)8-14-18(25-20(24)26-19(14)16)15-11-29(28-27-15)10-13-4-2-5-17(30(13)21(31)32)22(33)6-3-7-22/h2,4-5,8-9,11,33H,3,6-7,10H2,1H3,(H2-,24,25,26,31,32). The fourth-order valence-electron chi connectivity index (χ4n) is 4.21. The minimum atomic E-state index is -1.46. The van der Waals surface area contributed by atoms with Crippen LogP contribution in [0.4, 0.5) is 15.1 Å². The Morgan fingerprint density at radius 3 is 2.82 bits per heavy atom. The zero-order valence-corrected chi connectivity index (χ0v) is 18.1. The first-order valence-electron chi connectivity index (χ1n) is 10.5. The molecule has 5 rings (SSSR count). The highest BCUT2D eigenvalue weighted by Gasteiger charge is 2.44. The first-order valence-corrected chi connectivity index (χ1v) is 10.5. The molecule has 0 saturated heterocycles. The first kappa shape index (κ1) is 21.6. The maximum Gasteiger partial charge on any atom is 0.343 e. The molecule has 0 amide bonds. The quantitative estimate of drug-likeness (QED) is 0.401. The van der Waals surface area contributed by atoms with Crippen LogP contribution in [0.3, 0.4) is 0 Å². The summed E-state index contributed by atoms with van der Waals surface area (Å²) in [4.78, 5) is 20.3. The Labute approximate surface area is 192 Å². The number of halogens is 1. The molecular weight excluding hydrogens is 445 g/mol. The van der Waals surface area contributed by atoms with E-state index in [1.807, 2.05) is 0 Å². The number of pyridine rings is 1. The van der Waals surface area contributed by atoms with Gasteiger partial charge in [-0.1, -0.05) is 5.21 Å². The zero-order chi connectivity index (χ0) is 24.0. The predicted molar refractivity (Wildman–Crippen MR) is 114 cm³/mol. The van der Waals surface area contributed by atoms with Gasteiger partial charge in [-0.25, -0.2) is 19.0 Å². The van der Waals surface area contributed by atoms with Gasteiger partial charge in [-0.3, -0.25) is 0 Å². The van der Waals surface area contributed by atoms with E-state index in [9.17, 15) is 19.4 Å². The molecule has 3 N–H and O–H groups in total. The Hall–Kier alpha value is -4.19. The first-order chi connectivity index (χ1) is 16.3. The van der Waals surface area contributed by atoms with Crippen LogP contribution in [-0.4, -0.2) is 43.3 Å².